The molecular formula is C24H21FN10O2. The number of tetrazole rings is 1. The number of H-pyrrole nitrogens is 1. The SMILES string of the molecule is Cc1ccnn1-c1ncc(F)c2c(C(=O)C(=O)N3CCN(c4nnnn4-c4ccccc4)CC3)c[nH]c12. The molecule has 1 aromatic carbocycles. The molecule has 0 unspecified atom stereocenters. The summed E-state index contributed by atoms with van der Waals surface area (Å²) in [6.07, 6.45) is 3.98. The Hall–Kier alpha value is -4.94. The number of nitrogens with zero attached hydrogens (tertiary/aromatic N) is 9. The number of amides is 1. The predicted octanol–water partition coefficient (Wildman–Crippen LogP) is 1.70. The zero-order chi connectivity index (χ0) is 25.5. The van der Waals surface area contributed by atoms with Crippen LogP contribution in [0.1, 0.15) is 16.1 Å². The monoisotopic (exact) mass is 500 g/mol. The van der Waals surface area contributed by atoms with Gasteiger partial charge in [-0.3, -0.25) is 9.59 Å². The highest BCUT2D eigenvalue weighted by molar-refractivity contribution is 6.45. The molecule has 1 fully saturated rings. The molecule has 1 aliphatic heterocycles. The largest absolute Gasteiger partial charge is 0.357 e. The van der Waals surface area contributed by atoms with Gasteiger partial charge in [0.25, 0.3) is 11.7 Å². The fourth-order valence-electron chi connectivity index (χ4n) is 4.51. The number of Topliss-reactive ketones (excluding diaryl/α,β-unsaturated/α-hetero) is 1. The van der Waals surface area contributed by atoms with Gasteiger partial charge >= 0.3 is 0 Å². The van der Waals surface area contributed by atoms with Gasteiger partial charge in [0.15, 0.2) is 11.6 Å². The number of rotatable bonds is 5. The van der Waals surface area contributed by atoms with Crippen LogP contribution in [0.25, 0.3) is 22.4 Å². The lowest BCUT2D eigenvalue weighted by Gasteiger charge is -2.34. The number of aromatic amines is 1. The van der Waals surface area contributed by atoms with Crippen molar-refractivity contribution in [3.63, 3.8) is 0 Å². The third kappa shape index (κ3) is 3.80. The van der Waals surface area contributed by atoms with Crippen molar-refractivity contribution in [2.45, 2.75) is 6.92 Å². The van der Waals surface area contributed by atoms with Gasteiger partial charge in [-0.25, -0.2) is 14.1 Å². The number of hydrogen-bond acceptors (Lipinski definition) is 8. The summed E-state index contributed by atoms with van der Waals surface area (Å²) in [6.45, 7) is 3.27. The fourth-order valence-corrected chi connectivity index (χ4v) is 4.51. The number of nitrogens with one attached hydrogen (secondary N) is 1. The van der Waals surface area contributed by atoms with Crippen molar-refractivity contribution in [2.24, 2.45) is 0 Å². The van der Waals surface area contributed by atoms with Crippen LogP contribution in [-0.2, 0) is 4.79 Å². The standard InChI is InChI=1S/C24H21FN10O2/c1-15-7-8-28-34(15)22-20-19(18(25)14-27-22)17(13-26-20)21(36)23(37)32-9-11-33(12-10-32)24-29-30-31-35(24)16-5-3-2-4-6-16/h2-8,13-14,26H,9-12H2,1H3. The van der Waals surface area contributed by atoms with Crippen LogP contribution in [0.5, 0.6) is 0 Å². The van der Waals surface area contributed by atoms with Crippen molar-refractivity contribution < 1.29 is 14.0 Å². The minimum Gasteiger partial charge on any atom is -0.357 e. The number of carbonyl (C=O) groups excluding carboxylic acids is 2. The first-order valence-electron chi connectivity index (χ1n) is 11.6. The Morgan fingerprint density at radius 3 is 2.54 bits per heavy atom. The number of para-hydroxylation sites is 1. The van der Waals surface area contributed by atoms with Gasteiger partial charge in [0, 0.05) is 44.3 Å². The second-order valence-corrected chi connectivity index (χ2v) is 8.60. The second-order valence-electron chi connectivity index (χ2n) is 8.60. The molecule has 1 N–H and O–H groups in total. The molecule has 1 amide bonds. The van der Waals surface area contributed by atoms with E-state index in [9.17, 15) is 14.0 Å². The number of fused-ring (bicyclic) bond motifs is 1. The van der Waals surface area contributed by atoms with Gasteiger partial charge in [-0.2, -0.15) is 9.78 Å². The Balaban J connectivity index is 1.21. The number of carbonyl (C=O) groups is 2. The highest BCUT2D eigenvalue weighted by atomic mass is 19.1. The lowest BCUT2D eigenvalue weighted by atomic mass is 10.1. The minimum absolute atomic E-state index is 0.0129. The van der Waals surface area contributed by atoms with Gasteiger partial charge in [-0.05, 0) is 35.5 Å². The quantitative estimate of drug-likeness (QED) is 0.285. The van der Waals surface area contributed by atoms with E-state index in [0.29, 0.717) is 30.4 Å². The highest BCUT2D eigenvalue weighted by Gasteiger charge is 2.31. The molecule has 37 heavy (non-hydrogen) atoms. The van der Waals surface area contributed by atoms with Crippen molar-refractivity contribution in [1.82, 2.24) is 44.9 Å². The van der Waals surface area contributed by atoms with Gasteiger partial charge in [0.05, 0.1) is 28.4 Å². The Labute approximate surface area is 209 Å². The smallest absolute Gasteiger partial charge is 0.295 e. The molecule has 4 aromatic heterocycles. The molecule has 0 radical (unpaired) electrons. The molecule has 5 heterocycles. The molecule has 0 spiro atoms. The van der Waals surface area contributed by atoms with Crippen LogP contribution in [0.2, 0.25) is 0 Å². The first-order valence-corrected chi connectivity index (χ1v) is 11.6. The number of aromatic nitrogens is 8. The van der Waals surface area contributed by atoms with Gasteiger partial charge in [0.2, 0.25) is 5.95 Å². The average molecular weight is 500 g/mol. The van der Waals surface area contributed by atoms with Crippen molar-refractivity contribution in [2.75, 3.05) is 31.1 Å². The molecule has 186 valence electrons. The molecule has 12 nitrogen and oxygen atoms in total. The molecule has 0 saturated carbocycles. The summed E-state index contributed by atoms with van der Waals surface area (Å²) >= 11 is 0. The van der Waals surface area contributed by atoms with Crippen molar-refractivity contribution >= 4 is 28.5 Å². The predicted molar refractivity (Wildman–Crippen MR) is 130 cm³/mol. The van der Waals surface area contributed by atoms with E-state index >= 15 is 0 Å². The topological polar surface area (TPSA) is 131 Å². The first kappa shape index (κ1) is 22.5. The number of aryl methyl sites for hydroxylation is 1. The zero-order valence-electron chi connectivity index (χ0n) is 19.7. The Morgan fingerprint density at radius 1 is 1.03 bits per heavy atom. The van der Waals surface area contributed by atoms with Crippen LogP contribution in [0.3, 0.4) is 0 Å². The van der Waals surface area contributed by atoms with Crippen LogP contribution in [0, 0.1) is 12.7 Å². The van der Waals surface area contributed by atoms with E-state index in [-0.39, 0.29) is 24.0 Å². The molecule has 6 rings (SSSR count). The molecule has 0 aliphatic carbocycles. The maximum atomic E-state index is 14.8. The maximum absolute atomic E-state index is 14.8. The van der Waals surface area contributed by atoms with Crippen LogP contribution in [0.4, 0.5) is 10.3 Å². The summed E-state index contributed by atoms with van der Waals surface area (Å²) in [4.78, 5) is 36.8. The average Bonchev–Trinajstić information content (AvgIpc) is 3.69. The summed E-state index contributed by atoms with van der Waals surface area (Å²) < 4.78 is 18.0. The van der Waals surface area contributed by atoms with E-state index in [0.717, 1.165) is 17.6 Å². The van der Waals surface area contributed by atoms with Gasteiger partial charge in [-0.1, -0.05) is 23.3 Å². The second kappa shape index (κ2) is 8.93. The third-order valence-corrected chi connectivity index (χ3v) is 6.42. The number of piperazine rings is 1. The van der Waals surface area contributed by atoms with E-state index in [2.05, 4.69) is 30.6 Å². The Bertz CT molecular complexity index is 1620. The van der Waals surface area contributed by atoms with E-state index < -0.39 is 17.5 Å². The number of anilines is 1. The molecule has 0 atom stereocenters. The summed E-state index contributed by atoms with van der Waals surface area (Å²) in [5.41, 5.74) is 1.86. The molecule has 5 aromatic rings. The van der Waals surface area contributed by atoms with Crippen molar-refractivity contribution in [1.29, 1.82) is 0 Å². The van der Waals surface area contributed by atoms with Crippen molar-refractivity contribution in [3.8, 4) is 11.5 Å². The van der Waals surface area contributed by atoms with E-state index in [1.807, 2.05) is 42.2 Å². The number of benzene rings is 1. The van der Waals surface area contributed by atoms with Crippen molar-refractivity contribution in [3.05, 3.63) is 72.1 Å². The lowest BCUT2D eigenvalue weighted by Crippen LogP contribution is -2.51. The number of ketones is 1. The summed E-state index contributed by atoms with van der Waals surface area (Å²) in [5, 5.41) is 16.2. The normalized spacial score (nSPS) is 13.9. The molecule has 1 saturated heterocycles. The molecule has 0 bridgehead atoms. The van der Waals surface area contributed by atoms with Crippen LogP contribution >= 0.6 is 0 Å². The molecule has 13 heteroatoms. The van der Waals surface area contributed by atoms with Gasteiger partial charge in [0.1, 0.15) is 0 Å². The molecular weight excluding hydrogens is 479 g/mol. The number of hydrogen-bond donors (Lipinski definition) is 1. The summed E-state index contributed by atoms with van der Waals surface area (Å²) in [5.74, 6) is -1.29. The van der Waals surface area contributed by atoms with E-state index in [4.69, 9.17) is 0 Å². The van der Waals surface area contributed by atoms with Crippen LogP contribution in [0.15, 0.2) is 55.0 Å². The van der Waals surface area contributed by atoms with Crippen LogP contribution in [-0.4, -0.2) is 82.7 Å². The Kier molecular flexibility index (Phi) is 5.44. The maximum Gasteiger partial charge on any atom is 0.295 e. The number of pyridine rings is 1. The van der Waals surface area contributed by atoms with E-state index in [1.165, 1.54) is 15.8 Å². The zero-order valence-corrected chi connectivity index (χ0v) is 19.7. The third-order valence-electron chi connectivity index (χ3n) is 6.42. The lowest BCUT2D eigenvalue weighted by molar-refractivity contribution is -0.126. The van der Waals surface area contributed by atoms with E-state index in [1.54, 1.807) is 16.9 Å². The molecule has 1 aliphatic rings. The summed E-state index contributed by atoms with van der Waals surface area (Å²) in [7, 11) is 0. The number of halogens is 1. The van der Waals surface area contributed by atoms with Gasteiger partial charge < -0.3 is 14.8 Å². The van der Waals surface area contributed by atoms with Crippen LogP contribution < -0.4 is 4.90 Å². The minimum atomic E-state index is -0.790. The summed E-state index contributed by atoms with van der Waals surface area (Å²) in [6, 6.07) is 11.3. The fraction of sp³-hybridized carbons (Fsp3) is 0.208. The van der Waals surface area contributed by atoms with Gasteiger partial charge in [-0.15, -0.1) is 0 Å². The Morgan fingerprint density at radius 2 is 1.81 bits per heavy atom. The highest BCUT2D eigenvalue weighted by Crippen LogP contribution is 2.27. The first-order chi connectivity index (χ1) is 18.0.